The molecular weight excluding hydrogens is 460 g/mol. The highest BCUT2D eigenvalue weighted by Gasteiger charge is 2.59. The van der Waals surface area contributed by atoms with Crippen molar-refractivity contribution in [3.8, 4) is 0 Å². The molecule has 0 aromatic heterocycles. The normalized spacial score (nSPS) is 42.4. The smallest absolute Gasteiger partial charge is 0.0659 e. The largest absolute Gasteiger partial charge is 0.374 e. The van der Waals surface area contributed by atoms with Crippen molar-refractivity contribution in [2.45, 2.75) is 131 Å². The second kappa shape index (κ2) is 10.4. The van der Waals surface area contributed by atoms with Crippen LogP contribution in [0, 0.1) is 59.2 Å². The Hall–Kier alpha value is -1.08. The fraction of sp³-hybridized carbons (Fsp3) is 0.784. The number of hydrogen-bond acceptors (Lipinski definition) is 1. The molecule has 0 radical (unpaired) electrons. The quantitative estimate of drug-likeness (QED) is 0.328. The second-order valence-corrected chi connectivity index (χ2v) is 15.7. The molecule has 3 fully saturated rings. The molecule has 10 atom stereocenters. The molecule has 1 aromatic rings. The number of aryl methyl sites for hydroxylation is 1. The monoisotopic (exact) mass is 516 g/mol. The van der Waals surface area contributed by atoms with Gasteiger partial charge in [-0.05, 0) is 128 Å². The van der Waals surface area contributed by atoms with E-state index in [9.17, 15) is 0 Å². The Morgan fingerprint density at radius 2 is 1.61 bits per heavy atom. The summed E-state index contributed by atoms with van der Waals surface area (Å²) in [5, 5.41) is 0. The van der Waals surface area contributed by atoms with E-state index in [0.717, 1.165) is 48.3 Å². The van der Waals surface area contributed by atoms with Crippen molar-refractivity contribution in [1.82, 2.24) is 0 Å². The van der Waals surface area contributed by atoms with Crippen LogP contribution in [0.2, 0.25) is 0 Å². The van der Waals surface area contributed by atoms with E-state index in [1.165, 1.54) is 80.9 Å². The number of ether oxygens (including phenoxy) is 1. The molecule has 38 heavy (non-hydrogen) atoms. The molecule has 0 bridgehead atoms. The molecule has 5 aliphatic rings. The van der Waals surface area contributed by atoms with E-state index in [4.69, 9.17) is 4.74 Å². The minimum atomic E-state index is 0.398. The third-order valence-corrected chi connectivity index (χ3v) is 13.0. The molecule has 1 heteroatoms. The number of benzene rings is 1. The van der Waals surface area contributed by atoms with Gasteiger partial charge in [-0.15, -0.1) is 0 Å². The first kappa shape index (κ1) is 27.1. The van der Waals surface area contributed by atoms with E-state index in [1.807, 2.05) is 0 Å². The van der Waals surface area contributed by atoms with Crippen LogP contribution in [0.1, 0.15) is 116 Å². The lowest BCUT2D eigenvalue weighted by Gasteiger charge is -2.59. The molecule has 210 valence electrons. The van der Waals surface area contributed by atoms with Gasteiger partial charge in [0.1, 0.15) is 0 Å². The number of hydrogen-bond donors (Lipinski definition) is 0. The zero-order valence-electron chi connectivity index (χ0n) is 25.5. The third kappa shape index (κ3) is 4.76. The molecule has 7 unspecified atom stereocenters. The highest BCUT2D eigenvalue weighted by molar-refractivity contribution is 5.36. The summed E-state index contributed by atoms with van der Waals surface area (Å²) < 4.78 is 6.84. The van der Waals surface area contributed by atoms with E-state index < -0.39 is 0 Å². The molecular formula is C37H56O. The van der Waals surface area contributed by atoms with E-state index in [2.05, 4.69) is 71.9 Å². The molecule has 0 amide bonds. The Bertz CT molecular complexity index is 1020. The van der Waals surface area contributed by atoms with Gasteiger partial charge >= 0.3 is 0 Å². The van der Waals surface area contributed by atoms with Crippen molar-refractivity contribution < 1.29 is 4.74 Å². The van der Waals surface area contributed by atoms with Crippen molar-refractivity contribution in [2.24, 2.45) is 52.3 Å². The summed E-state index contributed by atoms with van der Waals surface area (Å²) >= 11 is 0. The molecule has 1 nitrogen and oxygen atoms in total. The maximum atomic E-state index is 6.84. The predicted molar refractivity (Wildman–Crippen MR) is 160 cm³/mol. The SMILES string of the molecule is Cc1ccc2c(c1)CC(O[C@@H]1CC[C@]3(C)C(C=CC4C5CCC(C(C)CCCC(C)C)[C@]5(C)CCC43)C1)C2. The predicted octanol–water partition coefficient (Wildman–Crippen LogP) is 9.74. The lowest BCUT2D eigenvalue weighted by Crippen LogP contribution is -2.52. The summed E-state index contributed by atoms with van der Waals surface area (Å²) in [4.78, 5) is 0. The van der Waals surface area contributed by atoms with Crippen molar-refractivity contribution in [1.29, 1.82) is 0 Å². The van der Waals surface area contributed by atoms with Gasteiger partial charge in [-0.3, -0.25) is 0 Å². The van der Waals surface area contributed by atoms with Gasteiger partial charge in [0.15, 0.2) is 0 Å². The van der Waals surface area contributed by atoms with Gasteiger partial charge in [-0.1, -0.05) is 89.8 Å². The standard InChI is InChI=1S/C37H56O/c1-24(2)8-7-9-26(4)33-14-15-34-32-13-12-29-23-30(16-18-36(29,5)35(32)17-19-37(33,34)6)38-31-21-27-11-10-25(3)20-28(27)22-31/h10-13,20,24,26,29-35H,7-9,14-19,21-23H2,1-6H3/t26?,29?,30-,31?,32?,33?,34?,35?,36-,37+/m1/s1. The first-order chi connectivity index (χ1) is 18.2. The second-order valence-electron chi connectivity index (χ2n) is 15.7. The van der Waals surface area contributed by atoms with Gasteiger partial charge in [-0.2, -0.15) is 0 Å². The first-order valence-corrected chi connectivity index (χ1v) is 16.6. The molecule has 3 saturated carbocycles. The minimum absolute atomic E-state index is 0.398. The summed E-state index contributed by atoms with van der Waals surface area (Å²) in [5.41, 5.74) is 5.50. The Balaban J connectivity index is 1.10. The van der Waals surface area contributed by atoms with Crippen LogP contribution in [0.5, 0.6) is 0 Å². The molecule has 0 spiro atoms. The zero-order valence-corrected chi connectivity index (χ0v) is 25.5. The Kier molecular flexibility index (Phi) is 7.41. The Labute approximate surface area is 234 Å². The van der Waals surface area contributed by atoms with Crippen LogP contribution in [-0.2, 0) is 17.6 Å². The molecule has 0 N–H and O–H groups in total. The van der Waals surface area contributed by atoms with Crippen LogP contribution in [0.3, 0.4) is 0 Å². The van der Waals surface area contributed by atoms with Crippen molar-refractivity contribution in [2.75, 3.05) is 0 Å². The van der Waals surface area contributed by atoms with Crippen LogP contribution in [-0.4, -0.2) is 12.2 Å². The summed E-state index contributed by atoms with van der Waals surface area (Å²) in [5.74, 6) is 6.05. The average Bonchev–Trinajstić information content (AvgIpc) is 3.43. The summed E-state index contributed by atoms with van der Waals surface area (Å²) in [6, 6.07) is 7.00. The van der Waals surface area contributed by atoms with E-state index in [1.54, 1.807) is 0 Å². The van der Waals surface area contributed by atoms with Gasteiger partial charge in [0, 0.05) is 0 Å². The van der Waals surface area contributed by atoms with Gasteiger partial charge in [0.25, 0.3) is 0 Å². The maximum Gasteiger partial charge on any atom is 0.0659 e. The highest BCUT2D eigenvalue weighted by Crippen LogP contribution is 2.67. The number of rotatable bonds is 7. The van der Waals surface area contributed by atoms with Gasteiger partial charge < -0.3 is 4.74 Å². The minimum Gasteiger partial charge on any atom is -0.374 e. The van der Waals surface area contributed by atoms with E-state index in [0.29, 0.717) is 29.0 Å². The maximum absolute atomic E-state index is 6.84. The molecule has 0 saturated heterocycles. The fourth-order valence-corrected chi connectivity index (χ4v) is 10.8. The average molecular weight is 517 g/mol. The van der Waals surface area contributed by atoms with Crippen LogP contribution in [0.25, 0.3) is 0 Å². The van der Waals surface area contributed by atoms with Crippen LogP contribution in [0.4, 0.5) is 0 Å². The molecule has 1 aromatic carbocycles. The van der Waals surface area contributed by atoms with Gasteiger partial charge in [-0.25, -0.2) is 0 Å². The number of allylic oxidation sites excluding steroid dienone is 2. The van der Waals surface area contributed by atoms with Crippen molar-refractivity contribution in [3.05, 3.63) is 47.0 Å². The topological polar surface area (TPSA) is 9.23 Å². The van der Waals surface area contributed by atoms with Crippen molar-refractivity contribution >= 4 is 0 Å². The first-order valence-electron chi connectivity index (χ1n) is 16.6. The van der Waals surface area contributed by atoms with Gasteiger partial charge in [0.2, 0.25) is 0 Å². The lowest BCUT2D eigenvalue weighted by atomic mass is 9.46. The van der Waals surface area contributed by atoms with Crippen molar-refractivity contribution in [3.63, 3.8) is 0 Å². The van der Waals surface area contributed by atoms with Crippen LogP contribution in [0.15, 0.2) is 30.4 Å². The third-order valence-electron chi connectivity index (χ3n) is 13.0. The summed E-state index contributed by atoms with van der Waals surface area (Å²) in [6.07, 6.45) is 22.6. The van der Waals surface area contributed by atoms with E-state index >= 15 is 0 Å². The van der Waals surface area contributed by atoms with Gasteiger partial charge in [0.05, 0.1) is 12.2 Å². The lowest BCUT2D eigenvalue weighted by molar-refractivity contribution is -0.105. The highest BCUT2D eigenvalue weighted by atomic mass is 16.5. The van der Waals surface area contributed by atoms with E-state index in [-0.39, 0.29) is 0 Å². The molecule has 6 rings (SSSR count). The number of fused-ring (bicyclic) bond motifs is 6. The molecule has 0 aliphatic heterocycles. The Morgan fingerprint density at radius 1 is 0.842 bits per heavy atom. The van der Waals surface area contributed by atoms with Crippen LogP contribution >= 0.6 is 0 Å². The molecule has 0 heterocycles. The summed E-state index contributed by atoms with van der Waals surface area (Å²) in [7, 11) is 0. The zero-order chi connectivity index (χ0) is 26.7. The molecule has 5 aliphatic carbocycles. The Morgan fingerprint density at radius 3 is 2.42 bits per heavy atom. The fourth-order valence-electron chi connectivity index (χ4n) is 10.8. The summed E-state index contributed by atoms with van der Waals surface area (Å²) in [6.45, 7) is 15.0. The van der Waals surface area contributed by atoms with Crippen LogP contribution < -0.4 is 0 Å².